The van der Waals surface area contributed by atoms with E-state index in [-0.39, 0.29) is 0 Å². The van der Waals surface area contributed by atoms with Gasteiger partial charge in [-0.1, -0.05) is 36.9 Å². The highest BCUT2D eigenvalue weighted by atomic mass is 16.4. The Labute approximate surface area is 82.9 Å². The second-order valence-corrected chi connectivity index (χ2v) is 3.72. The van der Waals surface area contributed by atoms with Gasteiger partial charge in [-0.25, -0.2) is 0 Å². The molecule has 2 heteroatoms. The van der Waals surface area contributed by atoms with Crippen LogP contribution in [0.1, 0.15) is 24.0 Å². The quantitative estimate of drug-likeness (QED) is 0.791. The third kappa shape index (κ3) is 1.23. The summed E-state index contributed by atoms with van der Waals surface area (Å²) >= 11 is 0. The molecule has 1 N–H and O–H groups in total. The molecule has 1 aliphatic rings. The topological polar surface area (TPSA) is 37.3 Å². The van der Waals surface area contributed by atoms with Crippen LogP contribution in [0.4, 0.5) is 0 Å². The molecule has 0 atom stereocenters. The van der Waals surface area contributed by atoms with Crippen molar-refractivity contribution in [3.05, 3.63) is 42.0 Å². The Morgan fingerprint density at radius 1 is 1.50 bits per heavy atom. The van der Waals surface area contributed by atoms with Gasteiger partial charge in [0.25, 0.3) is 0 Å². The van der Waals surface area contributed by atoms with E-state index in [1.54, 1.807) is 6.08 Å². The van der Waals surface area contributed by atoms with E-state index in [4.69, 9.17) is 5.11 Å². The number of hydrogen-bond donors (Lipinski definition) is 1. The molecule has 0 radical (unpaired) electrons. The molecule has 72 valence electrons. The first kappa shape index (κ1) is 9.00. The van der Waals surface area contributed by atoms with Crippen LogP contribution in [0.15, 0.2) is 30.8 Å². The fraction of sp³-hybridized carbons (Fsp3) is 0.250. The van der Waals surface area contributed by atoms with Gasteiger partial charge in [-0.05, 0) is 24.0 Å². The van der Waals surface area contributed by atoms with Gasteiger partial charge in [-0.15, -0.1) is 0 Å². The lowest BCUT2D eigenvalue weighted by Crippen LogP contribution is -2.19. The van der Waals surface area contributed by atoms with E-state index in [0.29, 0.717) is 0 Å². The Morgan fingerprint density at radius 2 is 2.21 bits per heavy atom. The maximum Gasteiger partial charge on any atom is 0.314 e. The smallest absolute Gasteiger partial charge is 0.314 e. The van der Waals surface area contributed by atoms with E-state index in [9.17, 15) is 4.79 Å². The highest BCUT2D eigenvalue weighted by Gasteiger charge is 2.51. The van der Waals surface area contributed by atoms with Crippen LogP contribution in [0.5, 0.6) is 0 Å². The fourth-order valence-corrected chi connectivity index (χ4v) is 1.71. The first-order chi connectivity index (χ1) is 6.69. The molecule has 1 aliphatic carbocycles. The number of carbonyl (C=O) groups is 1. The van der Waals surface area contributed by atoms with Crippen molar-refractivity contribution < 1.29 is 9.90 Å². The third-order valence-electron chi connectivity index (χ3n) is 2.83. The first-order valence-electron chi connectivity index (χ1n) is 4.65. The monoisotopic (exact) mass is 188 g/mol. The van der Waals surface area contributed by atoms with Crippen molar-refractivity contribution in [2.75, 3.05) is 0 Å². The van der Waals surface area contributed by atoms with E-state index in [1.165, 1.54) is 0 Å². The molecule has 0 spiro atoms. The summed E-state index contributed by atoms with van der Waals surface area (Å²) < 4.78 is 0. The van der Waals surface area contributed by atoms with E-state index in [2.05, 4.69) is 6.58 Å². The van der Waals surface area contributed by atoms with Gasteiger partial charge < -0.3 is 5.11 Å². The summed E-state index contributed by atoms with van der Waals surface area (Å²) in [5, 5.41) is 9.09. The summed E-state index contributed by atoms with van der Waals surface area (Å²) in [6, 6.07) is 7.60. The minimum absolute atomic E-state index is 0.598. The zero-order valence-electron chi connectivity index (χ0n) is 7.86. The van der Waals surface area contributed by atoms with Gasteiger partial charge in [0, 0.05) is 0 Å². The summed E-state index contributed by atoms with van der Waals surface area (Å²) in [6.45, 7) is 3.67. The zero-order valence-corrected chi connectivity index (χ0v) is 7.86. The van der Waals surface area contributed by atoms with Gasteiger partial charge in [0.1, 0.15) is 0 Å². The Morgan fingerprint density at radius 3 is 2.71 bits per heavy atom. The number of carboxylic acid groups (broad SMARTS) is 1. The molecule has 1 saturated carbocycles. The Bertz CT molecular complexity index is 389. The summed E-state index contributed by atoms with van der Waals surface area (Å²) in [7, 11) is 0. The summed E-state index contributed by atoms with van der Waals surface area (Å²) in [5.41, 5.74) is 1.29. The molecule has 0 amide bonds. The highest BCUT2D eigenvalue weighted by molar-refractivity contribution is 5.85. The van der Waals surface area contributed by atoms with E-state index in [0.717, 1.165) is 24.0 Å². The first-order valence-corrected chi connectivity index (χ1v) is 4.65. The van der Waals surface area contributed by atoms with Crippen molar-refractivity contribution in [1.29, 1.82) is 0 Å². The van der Waals surface area contributed by atoms with E-state index < -0.39 is 11.4 Å². The van der Waals surface area contributed by atoms with Crippen LogP contribution in [0.25, 0.3) is 6.08 Å². The predicted molar refractivity (Wildman–Crippen MR) is 55.1 cm³/mol. The maximum atomic E-state index is 11.1. The van der Waals surface area contributed by atoms with Crippen LogP contribution in [0.3, 0.4) is 0 Å². The molecule has 2 rings (SSSR count). The average Bonchev–Trinajstić information content (AvgIpc) is 2.98. The second-order valence-electron chi connectivity index (χ2n) is 3.72. The molecule has 0 saturated heterocycles. The average molecular weight is 188 g/mol. The van der Waals surface area contributed by atoms with Gasteiger partial charge in [-0.2, -0.15) is 0 Å². The predicted octanol–water partition coefficient (Wildman–Crippen LogP) is 2.45. The van der Waals surface area contributed by atoms with Crippen LogP contribution < -0.4 is 0 Å². The molecular formula is C12H12O2. The number of aliphatic carboxylic acids is 1. The largest absolute Gasteiger partial charge is 0.481 e. The lowest BCUT2D eigenvalue weighted by molar-refractivity contribution is -0.140. The molecule has 1 fully saturated rings. The van der Waals surface area contributed by atoms with Crippen molar-refractivity contribution in [2.45, 2.75) is 18.3 Å². The zero-order chi connectivity index (χ0) is 10.2. The number of benzene rings is 1. The molecule has 0 unspecified atom stereocenters. The van der Waals surface area contributed by atoms with Crippen LogP contribution in [0.2, 0.25) is 0 Å². The normalized spacial score (nSPS) is 17.4. The minimum Gasteiger partial charge on any atom is -0.481 e. The summed E-state index contributed by atoms with van der Waals surface area (Å²) in [6.07, 6.45) is 3.24. The van der Waals surface area contributed by atoms with Gasteiger partial charge in [0.15, 0.2) is 0 Å². The van der Waals surface area contributed by atoms with Crippen molar-refractivity contribution in [2.24, 2.45) is 0 Å². The van der Waals surface area contributed by atoms with Crippen molar-refractivity contribution in [3.8, 4) is 0 Å². The van der Waals surface area contributed by atoms with Gasteiger partial charge in [0.2, 0.25) is 0 Å². The van der Waals surface area contributed by atoms with Gasteiger partial charge in [-0.3, -0.25) is 4.79 Å². The third-order valence-corrected chi connectivity index (χ3v) is 2.83. The Hall–Kier alpha value is -1.57. The maximum absolute atomic E-state index is 11.1. The number of rotatable bonds is 3. The van der Waals surface area contributed by atoms with Gasteiger partial charge in [0.05, 0.1) is 5.41 Å². The molecule has 0 bridgehead atoms. The minimum atomic E-state index is -0.710. The van der Waals surface area contributed by atoms with Crippen molar-refractivity contribution >= 4 is 12.0 Å². The van der Waals surface area contributed by atoms with Crippen molar-refractivity contribution in [3.63, 3.8) is 0 Å². The lowest BCUT2D eigenvalue weighted by atomic mass is 9.94. The van der Waals surface area contributed by atoms with Gasteiger partial charge >= 0.3 is 5.97 Å². The SMILES string of the molecule is C=Cc1cccc(C2(C(=O)O)CC2)c1. The highest BCUT2D eigenvalue weighted by Crippen LogP contribution is 2.48. The molecule has 1 aromatic rings. The fourth-order valence-electron chi connectivity index (χ4n) is 1.71. The molecule has 2 nitrogen and oxygen atoms in total. The Balaban J connectivity index is 2.41. The van der Waals surface area contributed by atoms with E-state index in [1.807, 2.05) is 24.3 Å². The van der Waals surface area contributed by atoms with Crippen molar-refractivity contribution in [1.82, 2.24) is 0 Å². The van der Waals surface area contributed by atoms with Crippen LogP contribution in [-0.4, -0.2) is 11.1 Å². The summed E-state index contributed by atoms with van der Waals surface area (Å²) in [4.78, 5) is 11.1. The van der Waals surface area contributed by atoms with E-state index >= 15 is 0 Å². The molecule has 0 aliphatic heterocycles. The molecule has 1 aromatic carbocycles. The second kappa shape index (κ2) is 2.98. The standard InChI is InChI=1S/C12H12O2/c1-2-9-4-3-5-10(8-9)12(6-7-12)11(13)14/h2-5,8H,1,6-7H2,(H,13,14). The molecular weight excluding hydrogens is 176 g/mol. The number of carboxylic acids is 1. The lowest BCUT2D eigenvalue weighted by Gasteiger charge is -2.10. The Kier molecular flexibility index (Phi) is 1.92. The molecule has 14 heavy (non-hydrogen) atoms. The van der Waals surface area contributed by atoms with Crippen LogP contribution >= 0.6 is 0 Å². The van der Waals surface area contributed by atoms with Crippen LogP contribution in [-0.2, 0) is 10.2 Å². The molecule has 0 heterocycles. The van der Waals surface area contributed by atoms with Crippen LogP contribution in [0, 0.1) is 0 Å². The summed E-state index contributed by atoms with van der Waals surface area (Å²) in [5.74, 6) is -0.710. The molecule has 0 aromatic heterocycles. The number of hydrogen-bond acceptors (Lipinski definition) is 1.